The van der Waals surface area contributed by atoms with Crippen LogP contribution >= 0.6 is 0 Å². The van der Waals surface area contributed by atoms with Crippen LogP contribution in [0.4, 0.5) is 0 Å². The Bertz CT molecular complexity index is 723. The third-order valence-electron chi connectivity index (χ3n) is 3.80. The summed E-state index contributed by atoms with van der Waals surface area (Å²) in [5, 5.41) is 2.78. The molecule has 1 aliphatic rings. The minimum Gasteiger partial charge on any atom is -0.438 e. The maximum atomic E-state index is 11.9. The molecule has 1 aliphatic heterocycles. The first-order chi connectivity index (χ1) is 11.1. The van der Waals surface area contributed by atoms with Crippen molar-refractivity contribution in [2.45, 2.75) is 32.9 Å². The van der Waals surface area contributed by atoms with E-state index in [0.29, 0.717) is 25.3 Å². The number of carbonyl (C=O) groups excluding carboxylic acids is 2. The maximum Gasteiger partial charge on any atom is 0.307 e. The molecule has 2 aromatic rings. The van der Waals surface area contributed by atoms with E-state index in [4.69, 9.17) is 4.42 Å². The van der Waals surface area contributed by atoms with Crippen molar-refractivity contribution in [3.05, 3.63) is 53.2 Å². The first-order valence-electron chi connectivity index (χ1n) is 7.68. The van der Waals surface area contributed by atoms with Crippen molar-refractivity contribution < 1.29 is 14.0 Å². The van der Waals surface area contributed by atoms with Crippen LogP contribution in [0.25, 0.3) is 0 Å². The minimum absolute atomic E-state index is 0.0707. The topological polar surface area (TPSA) is 75.4 Å². The van der Waals surface area contributed by atoms with E-state index in [1.54, 1.807) is 6.92 Å². The third kappa shape index (κ3) is 3.77. The van der Waals surface area contributed by atoms with E-state index < -0.39 is 0 Å². The van der Waals surface area contributed by atoms with Gasteiger partial charge in [0.15, 0.2) is 0 Å². The van der Waals surface area contributed by atoms with Crippen molar-refractivity contribution >= 4 is 11.8 Å². The molecule has 2 amide bonds. The number of nitrogens with one attached hydrogen (secondary N) is 1. The van der Waals surface area contributed by atoms with Crippen LogP contribution in [0.3, 0.4) is 0 Å². The lowest BCUT2D eigenvalue weighted by Gasteiger charge is -2.16. The highest BCUT2D eigenvalue weighted by Gasteiger charge is 2.20. The van der Waals surface area contributed by atoms with Crippen molar-refractivity contribution in [3.8, 4) is 0 Å². The van der Waals surface area contributed by atoms with Crippen molar-refractivity contribution in [2.75, 3.05) is 6.54 Å². The first-order valence-corrected chi connectivity index (χ1v) is 7.68. The third-order valence-corrected chi connectivity index (χ3v) is 3.80. The number of hydrogen-bond donors (Lipinski definition) is 1. The second-order valence-corrected chi connectivity index (χ2v) is 5.70. The van der Waals surface area contributed by atoms with Gasteiger partial charge in [-0.25, -0.2) is 4.98 Å². The largest absolute Gasteiger partial charge is 0.438 e. The molecule has 1 saturated heterocycles. The summed E-state index contributed by atoms with van der Waals surface area (Å²) in [4.78, 5) is 29.4. The Hall–Kier alpha value is -2.63. The summed E-state index contributed by atoms with van der Waals surface area (Å²) in [7, 11) is 0. The lowest BCUT2D eigenvalue weighted by atomic mass is 10.1. The van der Waals surface area contributed by atoms with Crippen molar-refractivity contribution in [2.24, 2.45) is 0 Å². The van der Waals surface area contributed by atoms with Crippen LogP contribution in [0.15, 0.2) is 34.9 Å². The van der Waals surface area contributed by atoms with Gasteiger partial charge >= 0.3 is 5.91 Å². The Labute approximate surface area is 134 Å². The van der Waals surface area contributed by atoms with Gasteiger partial charge in [-0.1, -0.05) is 24.3 Å². The Morgan fingerprint density at radius 1 is 1.39 bits per heavy atom. The summed E-state index contributed by atoms with van der Waals surface area (Å²) in [6, 6.07) is 7.88. The fourth-order valence-corrected chi connectivity index (χ4v) is 2.65. The molecule has 3 rings (SSSR count). The highest BCUT2D eigenvalue weighted by molar-refractivity contribution is 5.89. The van der Waals surface area contributed by atoms with E-state index in [1.807, 2.05) is 29.2 Å². The number of likely N-dealkylation sites (tertiary alicyclic amines) is 1. The molecule has 0 spiro atoms. The molecule has 120 valence electrons. The fourth-order valence-electron chi connectivity index (χ4n) is 2.65. The minimum atomic E-state index is -0.335. The molecule has 1 N–H and O–H groups in total. The standard InChI is InChI=1S/C17H19N3O3/c1-12-9-19-17(23-12)16(22)18-10-13-4-2-5-14(8-13)11-20-7-3-6-15(20)21/h2,4-5,8-9H,3,6-7,10-11H2,1H3,(H,18,22). The van der Waals surface area contributed by atoms with E-state index in [9.17, 15) is 9.59 Å². The molecule has 23 heavy (non-hydrogen) atoms. The van der Waals surface area contributed by atoms with E-state index in [1.165, 1.54) is 6.20 Å². The quantitative estimate of drug-likeness (QED) is 0.916. The number of nitrogens with zero attached hydrogens (tertiary/aromatic N) is 2. The van der Waals surface area contributed by atoms with Gasteiger partial charge in [-0.15, -0.1) is 0 Å². The van der Waals surface area contributed by atoms with E-state index in [0.717, 1.165) is 24.1 Å². The van der Waals surface area contributed by atoms with Crippen molar-refractivity contribution in [1.29, 1.82) is 0 Å². The Kier molecular flexibility index (Phi) is 4.41. The van der Waals surface area contributed by atoms with E-state index >= 15 is 0 Å². The zero-order valence-corrected chi connectivity index (χ0v) is 13.0. The molecule has 1 aromatic carbocycles. The number of rotatable bonds is 5. The summed E-state index contributed by atoms with van der Waals surface area (Å²) in [5.74, 6) is 0.551. The van der Waals surface area contributed by atoms with Gasteiger partial charge in [-0.2, -0.15) is 0 Å². The number of hydrogen-bond acceptors (Lipinski definition) is 4. The summed E-state index contributed by atoms with van der Waals surface area (Å²) < 4.78 is 5.19. The average molecular weight is 313 g/mol. The molecule has 0 unspecified atom stereocenters. The van der Waals surface area contributed by atoms with Crippen molar-refractivity contribution in [3.63, 3.8) is 0 Å². The number of aryl methyl sites for hydroxylation is 1. The molecular weight excluding hydrogens is 294 g/mol. The van der Waals surface area contributed by atoms with Gasteiger partial charge in [0, 0.05) is 26.1 Å². The molecule has 1 fully saturated rings. The van der Waals surface area contributed by atoms with Crippen LogP contribution < -0.4 is 5.32 Å². The van der Waals surface area contributed by atoms with Gasteiger partial charge in [-0.3, -0.25) is 9.59 Å². The van der Waals surface area contributed by atoms with Crippen LogP contribution in [0, 0.1) is 6.92 Å². The Balaban J connectivity index is 1.59. The van der Waals surface area contributed by atoms with Crippen LogP contribution in [-0.4, -0.2) is 28.2 Å². The maximum absolute atomic E-state index is 11.9. The lowest BCUT2D eigenvalue weighted by molar-refractivity contribution is -0.128. The van der Waals surface area contributed by atoms with Gasteiger partial charge in [0.25, 0.3) is 5.89 Å². The molecule has 0 radical (unpaired) electrons. The van der Waals surface area contributed by atoms with Gasteiger partial charge in [-0.05, 0) is 24.5 Å². The predicted octanol–water partition coefficient (Wildman–Crippen LogP) is 2.04. The number of carbonyl (C=O) groups is 2. The normalized spacial score (nSPS) is 14.3. The zero-order chi connectivity index (χ0) is 16.2. The smallest absolute Gasteiger partial charge is 0.307 e. The Morgan fingerprint density at radius 2 is 2.22 bits per heavy atom. The van der Waals surface area contributed by atoms with Crippen LogP contribution in [0.5, 0.6) is 0 Å². The highest BCUT2D eigenvalue weighted by atomic mass is 16.4. The molecule has 1 aromatic heterocycles. The zero-order valence-electron chi connectivity index (χ0n) is 13.0. The van der Waals surface area contributed by atoms with E-state index in [-0.39, 0.29) is 17.7 Å². The van der Waals surface area contributed by atoms with Crippen LogP contribution in [0.2, 0.25) is 0 Å². The number of oxazole rings is 1. The molecule has 0 bridgehead atoms. The van der Waals surface area contributed by atoms with E-state index in [2.05, 4.69) is 10.3 Å². The SMILES string of the molecule is Cc1cnc(C(=O)NCc2cccc(CN3CCCC3=O)c2)o1. The van der Waals surface area contributed by atoms with Gasteiger partial charge in [0.1, 0.15) is 5.76 Å². The number of amides is 2. The molecule has 2 heterocycles. The summed E-state index contributed by atoms with van der Waals surface area (Å²) in [5.41, 5.74) is 2.05. The summed E-state index contributed by atoms with van der Waals surface area (Å²) >= 11 is 0. The molecule has 0 aliphatic carbocycles. The monoisotopic (exact) mass is 313 g/mol. The van der Waals surface area contributed by atoms with Crippen LogP contribution in [-0.2, 0) is 17.9 Å². The van der Waals surface area contributed by atoms with Gasteiger partial charge < -0.3 is 14.6 Å². The molecule has 6 heteroatoms. The Morgan fingerprint density at radius 3 is 2.91 bits per heavy atom. The van der Waals surface area contributed by atoms with Crippen LogP contribution in [0.1, 0.15) is 40.4 Å². The first kappa shape index (κ1) is 15.3. The van der Waals surface area contributed by atoms with Crippen molar-refractivity contribution in [1.82, 2.24) is 15.2 Å². The number of benzene rings is 1. The van der Waals surface area contributed by atoms with Gasteiger partial charge in [0.2, 0.25) is 5.91 Å². The molecule has 0 saturated carbocycles. The molecular formula is C17H19N3O3. The second kappa shape index (κ2) is 6.64. The lowest BCUT2D eigenvalue weighted by Crippen LogP contribution is -2.24. The molecule has 6 nitrogen and oxygen atoms in total. The summed E-state index contributed by atoms with van der Waals surface area (Å²) in [6.07, 6.45) is 3.10. The number of aromatic nitrogens is 1. The molecule has 0 atom stereocenters. The average Bonchev–Trinajstić information content (AvgIpc) is 3.15. The summed E-state index contributed by atoms with van der Waals surface area (Å²) in [6.45, 7) is 3.58. The van der Waals surface area contributed by atoms with Gasteiger partial charge in [0.05, 0.1) is 6.20 Å². The predicted molar refractivity (Wildman–Crippen MR) is 83.5 cm³/mol. The highest BCUT2D eigenvalue weighted by Crippen LogP contribution is 2.15. The second-order valence-electron chi connectivity index (χ2n) is 5.70. The fraction of sp³-hybridized carbons (Fsp3) is 0.353.